The van der Waals surface area contributed by atoms with Gasteiger partial charge in [0.1, 0.15) is 12.7 Å². The van der Waals surface area contributed by atoms with Crippen molar-refractivity contribution in [3.05, 3.63) is 34.5 Å². The van der Waals surface area contributed by atoms with Crippen LogP contribution < -0.4 is 5.32 Å². The number of aromatic nitrogens is 3. The molecule has 2 aromatic heterocycles. The maximum absolute atomic E-state index is 4.09. The molecular weight excluding hydrogens is 220 g/mol. The molecule has 5 heteroatoms. The molecule has 0 aromatic carbocycles. The van der Waals surface area contributed by atoms with Crippen LogP contribution in [0.4, 0.5) is 0 Å². The quantitative estimate of drug-likeness (QED) is 0.861. The molecule has 86 valence electrons. The van der Waals surface area contributed by atoms with Crippen LogP contribution in [0.15, 0.2) is 24.1 Å². The fourth-order valence-electron chi connectivity index (χ4n) is 1.52. The Labute approximate surface area is 99.3 Å². The lowest BCUT2D eigenvalue weighted by molar-refractivity contribution is 0.451. The molecular formula is C11H16N4S. The maximum atomic E-state index is 4.09. The molecule has 0 radical (unpaired) electrons. The summed E-state index contributed by atoms with van der Waals surface area (Å²) in [7, 11) is 0. The fraction of sp³-hybridized carbons (Fsp3) is 0.455. The molecule has 0 saturated carbocycles. The van der Waals surface area contributed by atoms with Crippen LogP contribution in [0, 0.1) is 6.92 Å². The van der Waals surface area contributed by atoms with Crippen LogP contribution in [-0.4, -0.2) is 20.8 Å². The van der Waals surface area contributed by atoms with Crippen LogP contribution in [0.2, 0.25) is 0 Å². The second kappa shape index (κ2) is 5.23. The third-order valence-electron chi connectivity index (χ3n) is 2.51. The minimum Gasteiger partial charge on any atom is -0.308 e. The van der Waals surface area contributed by atoms with Crippen LogP contribution in [-0.2, 0) is 13.1 Å². The lowest BCUT2D eigenvalue weighted by Gasteiger charge is -2.13. The average molecular weight is 236 g/mol. The van der Waals surface area contributed by atoms with Crippen molar-refractivity contribution in [3.63, 3.8) is 0 Å². The van der Waals surface area contributed by atoms with E-state index in [-0.39, 0.29) is 0 Å². The van der Waals surface area contributed by atoms with Crippen molar-refractivity contribution in [1.82, 2.24) is 20.1 Å². The molecule has 0 bridgehead atoms. The number of hydrogen-bond acceptors (Lipinski definition) is 4. The van der Waals surface area contributed by atoms with Gasteiger partial charge in [-0.3, -0.25) is 4.68 Å². The zero-order valence-corrected chi connectivity index (χ0v) is 10.4. The molecule has 0 spiro atoms. The fourth-order valence-corrected chi connectivity index (χ4v) is 2.38. The summed E-state index contributed by atoms with van der Waals surface area (Å²) in [5.74, 6) is 0. The van der Waals surface area contributed by atoms with Crippen molar-refractivity contribution < 1.29 is 0 Å². The summed E-state index contributed by atoms with van der Waals surface area (Å²) in [4.78, 5) is 5.33. The van der Waals surface area contributed by atoms with Crippen LogP contribution in [0.1, 0.15) is 17.4 Å². The van der Waals surface area contributed by atoms with E-state index in [2.05, 4.69) is 40.7 Å². The van der Waals surface area contributed by atoms with Gasteiger partial charge in [-0.15, -0.1) is 11.3 Å². The highest BCUT2D eigenvalue weighted by molar-refractivity contribution is 7.10. The van der Waals surface area contributed by atoms with Crippen molar-refractivity contribution in [2.75, 3.05) is 0 Å². The van der Waals surface area contributed by atoms with Gasteiger partial charge in [0, 0.05) is 17.5 Å². The summed E-state index contributed by atoms with van der Waals surface area (Å²) in [6.45, 7) is 6.09. The third kappa shape index (κ3) is 2.90. The zero-order valence-electron chi connectivity index (χ0n) is 9.55. The molecule has 1 atom stereocenters. The molecule has 0 aliphatic carbocycles. The van der Waals surface area contributed by atoms with E-state index in [1.165, 1.54) is 10.4 Å². The van der Waals surface area contributed by atoms with Gasteiger partial charge < -0.3 is 5.32 Å². The summed E-state index contributed by atoms with van der Waals surface area (Å²) in [6, 6.07) is 2.55. The van der Waals surface area contributed by atoms with Crippen molar-refractivity contribution in [2.45, 2.75) is 33.0 Å². The Bertz CT molecular complexity index is 421. The Morgan fingerprint density at radius 1 is 1.56 bits per heavy atom. The van der Waals surface area contributed by atoms with Crippen LogP contribution in [0.5, 0.6) is 0 Å². The minimum atomic E-state index is 0.392. The second-order valence-corrected chi connectivity index (χ2v) is 4.93. The zero-order chi connectivity index (χ0) is 11.4. The number of nitrogens with one attached hydrogen (secondary N) is 1. The largest absolute Gasteiger partial charge is 0.308 e. The van der Waals surface area contributed by atoms with E-state index in [0.29, 0.717) is 6.04 Å². The standard InChI is InChI=1S/C11H16N4S/c1-9-3-4-16-11(9)5-13-10(2)6-15-8-12-7-14-15/h3-4,7-8,10,13H,5-6H2,1-2H3. The van der Waals surface area contributed by atoms with E-state index >= 15 is 0 Å². The van der Waals surface area contributed by atoms with E-state index < -0.39 is 0 Å². The smallest absolute Gasteiger partial charge is 0.137 e. The van der Waals surface area contributed by atoms with E-state index in [1.54, 1.807) is 24.0 Å². The summed E-state index contributed by atoms with van der Waals surface area (Å²) < 4.78 is 1.85. The molecule has 1 unspecified atom stereocenters. The first-order valence-electron chi connectivity index (χ1n) is 5.34. The van der Waals surface area contributed by atoms with Crippen molar-refractivity contribution in [1.29, 1.82) is 0 Å². The highest BCUT2D eigenvalue weighted by Crippen LogP contribution is 2.14. The van der Waals surface area contributed by atoms with E-state index in [0.717, 1.165) is 13.1 Å². The Kier molecular flexibility index (Phi) is 3.69. The molecule has 16 heavy (non-hydrogen) atoms. The van der Waals surface area contributed by atoms with Gasteiger partial charge in [-0.2, -0.15) is 5.10 Å². The van der Waals surface area contributed by atoms with E-state index in [1.807, 2.05) is 4.68 Å². The van der Waals surface area contributed by atoms with Gasteiger partial charge in [0.2, 0.25) is 0 Å². The minimum absolute atomic E-state index is 0.392. The predicted molar refractivity (Wildman–Crippen MR) is 65.4 cm³/mol. The number of rotatable bonds is 5. The van der Waals surface area contributed by atoms with Crippen LogP contribution in [0.25, 0.3) is 0 Å². The number of thiophene rings is 1. The predicted octanol–water partition coefficient (Wildman–Crippen LogP) is 1.83. The van der Waals surface area contributed by atoms with Gasteiger partial charge >= 0.3 is 0 Å². The maximum Gasteiger partial charge on any atom is 0.137 e. The first kappa shape index (κ1) is 11.3. The highest BCUT2D eigenvalue weighted by Gasteiger charge is 2.05. The molecule has 0 fully saturated rings. The Hall–Kier alpha value is -1.20. The molecule has 2 rings (SSSR count). The SMILES string of the molecule is Cc1ccsc1CNC(C)Cn1cncn1. The molecule has 0 saturated heterocycles. The van der Waals surface area contributed by atoms with Crippen molar-refractivity contribution >= 4 is 11.3 Å². The van der Waals surface area contributed by atoms with E-state index in [4.69, 9.17) is 0 Å². The average Bonchev–Trinajstić information content (AvgIpc) is 2.87. The third-order valence-corrected chi connectivity index (χ3v) is 3.53. The van der Waals surface area contributed by atoms with Gasteiger partial charge in [0.25, 0.3) is 0 Å². The Morgan fingerprint density at radius 3 is 3.06 bits per heavy atom. The van der Waals surface area contributed by atoms with E-state index in [9.17, 15) is 0 Å². The monoisotopic (exact) mass is 236 g/mol. The summed E-state index contributed by atoms with van der Waals surface area (Å²) in [5.41, 5.74) is 1.37. The van der Waals surface area contributed by atoms with Crippen molar-refractivity contribution in [3.8, 4) is 0 Å². The molecule has 4 nitrogen and oxygen atoms in total. The normalized spacial score (nSPS) is 12.9. The molecule has 0 aliphatic heterocycles. The van der Waals surface area contributed by atoms with Gasteiger partial charge in [-0.05, 0) is 30.9 Å². The highest BCUT2D eigenvalue weighted by atomic mass is 32.1. The van der Waals surface area contributed by atoms with Crippen LogP contribution in [0.3, 0.4) is 0 Å². The number of nitrogens with zero attached hydrogens (tertiary/aromatic N) is 3. The summed E-state index contributed by atoms with van der Waals surface area (Å²) >= 11 is 1.80. The lowest BCUT2D eigenvalue weighted by Crippen LogP contribution is -2.30. The summed E-state index contributed by atoms with van der Waals surface area (Å²) in [5, 5.41) is 9.71. The molecule has 0 aliphatic rings. The Balaban J connectivity index is 1.80. The van der Waals surface area contributed by atoms with Crippen LogP contribution >= 0.6 is 11.3 Å². The second-order valence-electron chi connectivity index (χ2n) is 3.93. The Morgan fingerprint density at radius 2 is 2.44 bits per heavy atom. The topological polar surface area (TPSA) is 42.7 Å². The van der Waals surface area contributed by atoms with Gasteiger partial charge in [0.15, 0.2) is 0 Å². The van der Waals surface area contributed by atoms with Gasteiger partial charge in [0.05, 0.1) is 6.54 Å². The van der Waals surface area contributed by atoms with Gasteiger partial charge in [-0.1, -0.05) is 0 Å². The first-order valence-corrected chi connectivity index (χ1v) is 6.22. The number of aryl methyl sites for hydroxylation is 1. The molecule has 2 aromatic rings. The first-order chi connectivity index (χ1) is 7.75. The molecule has 1 N–H and O–H groups in total. The molecule has 0 amide bonds. The number of hydrogen-bond donors (Lipinski definition) is 1. The summed E-state index contributed by atoms with van der Waals surface area (Å²) in [6.07, 6.45) is 3.31. The lowest BCUT2D eigenvalue weighted by atomic mass is 10.2. The molecule has 2 heterocycles. The van der Waals surface area contributed by atoms with Gasteiger partial charge in [-0.25, -0.2) is 4.98 Å². The van der Waals surface area contributed by atoms with Crippen molar-refractivity contribution in [2.24, 2.45) is 0 Å².